The molecule has 0 aliphatic heterocycles. The van der Waals surface area contributed by atoms with Crippen LogP contribution in [0.1, 0.15) is 28.4 Å². The molecule has 22 heavy (non-hydrogen) atoms. The summed E-state index contributed by atoms with van der Waals surface area (Å²) in [5, 5.41) is 0. The van der Waals surface area contributed by atoms with E-state index in [2.05, 4.69) is 0 Å². The summed E-state index contributed by atoms with van der Waals surface area (Å²) in [4.78, 5) is 23.1. The maximum absolute atomic E-state index is 12.7. The van der Waals surface area contributed by atoms with Crippen molar-refractivity contribution >= 4 is 11.8 Å². The van der Waals surface area contributed by atoms with Gasteiger partial charge in [0.05, 0.1) is 5.56 Å². The van der Waals surface area contributed by atoms with Gasteiger partial charge in [-0.25, -0.2) is 0 Å². The van der Waals surface area contributed by atoms with E-state index in [9.17, 15) is 22.8 Å². The highest BCUT2D eigenvalue weighted by molar-refractivity contribution is 6.09. The predicted octanol–water partition coefficient (Wildman–Crippen LogP) is 3.86. The van der Waals surface area contributed by atoms with Crippen molar-refractivity contribution in [1.29, 1.82) is 0 Å². The van der Waals surface area contributed by atoms with Crippen LogP contribution < -0.4 is 4.74 Å². The number of rotatable bonds is 3. The second kappa shape index (κ2) is 6.01. The van der Waals surface area contributed by atoms with Gasteiger partial charge in [0, 0.05) is 18.1 Å². The van der Waals surface area contributed by atoms with Crippen molar-refractivity contribution in [2.75, 3.05) is 0 Å². The Hall–Kier alpha value is -2.63. The van der Waals surface area contributed by atoms with Gasteiger partial charge in [0.25, 0.3) is 0 Å². The number of hydrogen-bond donors (Lipinski definition) is 0. The Morgan fingerprint density at radius 3 is 2.14 bits per heavy atom. The number of benzene rings is 2. The molecular weight excluding hydrogens is 297 g/mol. The van der Waals surface area contributed by atoms with Crippen molar-refractivity contribution in [2.45, 2.75) is 13.1 Å². The Morgan fingerprint density at radius 2 is 1.55 bits per heavy atom. The number of alkyl halides is 3. The minimum absolute atomic E-state index is 0.0881. The third-order valence-corrected chi connectivity index (χ3v) is 2.81. The molecular formula is C16H11F3O3. The van der Waals surface area contributed by atoms with Crippen LogP contribution in [0.5, 0.6) is 5.75 Å². The Bertz CT molecular complexity index is 721. The van der Waals surface area contributed by atoms with E-state index in [0.717, 1.165) is 12.1 Å². The van der Waals surface area contributed by atoms with Crippen molar-refractivity contribution in [3.05, 3.63) is 65.2 Å². The molecule has 0 fully saturated rings. The van der Waals surface area contributed by atoms with E-state index in [1.807, 2.05) is 0 Å². The van der Waals surface area contributed by atoms with Crippen LogP contribution in [0.4, 0.5) is 13.2 Å². The molecule has 3 nitrogen and oxygen atoms in total. The van der Waals surface area contributed by atoms with Crippen LogP contribution in [0.25, 0.3) is 0 Å². The monoisotopic (exact) mass is 308 g/mol. The SMILES string of the molecule is CC(=O)Oc1cccc(C(=O)c2cccc(C(F)(F)F)c2)c1. The summed E-state index contributed by atoms with van der Waals surface area (Å²) >= 11 is 0. The lowest BCUT2D eigenvalue weighted by Crippen LogP contribution is -2.08. The topological polar surface area (TPSA) is 43.4 Å². The first-order chi connectivity index (χ1) is 10.3. The summed E-state index contributed by atoms with van der Waals surface area (Å²) in [5.41, 5.74) is -0.845. The maximum atomic E-state index is 12.7. The zero-order valence-corrected chi connectivity index (χ0v) is 11.5. The molecule has 0 spiro atoms. The molecule has 0 saturated carbocycles. The van der Waals surface area contributed by atoms with Gasteiger partial charge in [0.15, 0.2) is 5.78 Å². The van der Waals surface area contributed by atoms with Gasteiger partial charge in [0.1, 0.15) is 5.75 Å². The quantitative estimate of drug-likeness (QED) is 0.491. The summed E-state index contributed by atoms with van der Waals surface area (Å²) in [7, 11) is 0. The van der Waals surface area contributed by atoms with Crippen LogP contribution in [0.3, 0.4) is 0 Å². The Labute approximate surface area is 124 Å². The van der Waals surface area contributed by atoms with E-state index in [4.69, 9.17) is 4.74 Å². The second-order valence-electron chi connectivity index (χ2n) is 4.53. The summed E-state index contributed by atoms with van der Waals surface area (Å²) in [6, 6.07) is 9.87. The van der Waals surface area contributed by atoms with Gasteiger partial charge >= 0.3 is 12.1 Å². The van der Waals surface area contributed by atoms with Gasteiger partial charge in [-0.3, -0.25) is 9.59 Å². The highest BCUT2D eigenvalue weighted by Gasteiger charge is 2.31. The second-order valence-corrected chi connectivity index (χ2v) is 4.53. The normalized spacial score (nSPS) is 11.1. The molecule has 0 saturated heterocycles. The molecule has 0 aliphatic carbocycles. The Morgan fingerprint density at radius 1 is 0.955 bits per heavy atom. The smallest absolute Gasteiger partial charge is 0.416 e. The average Bonchev–Trinajstić information content (AvgIpc) is 2.45. The van der Waals surface area contributed by atoms with Crippen LogP contribution >= 0.6 is 0 Å². The molecule has 2 aromatic carbocycles. The van der Waals surface area contributed by atoms with E-state index >= 15 is 0 Å². The minimum atomic E-state index is -4.52. The zero-order chi connectivity index (χ0) is 16.3. The van der Waals surface area contributed by atoms with Crippen LogP contribution in [0, 0.1) is 0 Å². The molecule has 0 heterocycles. The van der Waals surface area contributed by atoms with Gasteiger partial charge in [-0.2, -0.15) is 13.2 Å². The largest absolute Gasteiger partial charge is 0.427 e. The van der Waals surface area contributed by atoms with E-state index in [1.54, 1.807) is 0 Å². The lowest BCUT2D eigenvalue weighted by molar-refractivity contribution is -0.137. The fourth-order valence-electron chi connectivity index (χ4n) is 1.87. The number of esters is 1. The molecule has 0 radical (unpaired) electrons. The molecule has 2 rings (SSSR count). The lowest BCUT2D eigenvalue weighted by atomic mass is 10.0. The fourth-order valence-corrected chi connectivity index (χ4v) is 1.87. The van der Waals surface area contributed by atoms with Crippen LogP contribution in [-0.2, 0) is 11.0 Å². The average molecular weight is 308 g/mol. The molecule has 0 amide bonds. The van der Waals surface area contributed by atoms with Crippen molar-refractivity contribution < 1.29 is 27.5 Å². The van der Waals surface area contributed by atoms with Crippen molar-refractivity contribution in [3.63, 3.8) is 0 Å². The van der Waals surface area contributed by atoms with Crippen molar-refractivity contribution in [3.8, 4) is 5.75 Å². The number of hydrogen-bond acceptors (Lipinski definition) is 3. The van der Waals surface area contributed by atoms with Crippen molar-refractivity contribution in [1.82, 2.24) is 0 Å². The summed E-state index contributed by atoms with van der Waals surface area (Å²) in [6.45, 7) is 1.21. The summed E-state index contributed by atoms with van der Waals surface area (Å²) in [6.07, 6.45) is -4.52. The molecule has 0 aliphatic rings. The number of carbonyl (C=O) groups is 2. The summed E-state index contributed by atoms with van der Waals surface area (Å²) in [5.74, 6) is -0.978. The molecule has 0 aromatic heterocycles. The molecule has 114 valence electrons. The van der Waals surface area contributed by atoms with Gasteiger partial charge in [-0.1, -0.05) is 24.3 Å². The zero-order valence-electron chi connectivity index (χ0n) is 11.5. The van der Waals surface area contributed by atoms with E-state index in [1.165, 1.54) is 43.3 Å². The molecule has 6 heteroatoms. The molecule has 0 unspecified atom stereocenters. The molecule has 0 bridgehead atoms. The van der Waals surface area contributed by atoms with E-state index < -0.39 is 23.5 Å². The van der Waals surface area contributed by atoms with Gasteiger partial charge in [0.2, 0.25) is 0 Å². The first-order valence-electron chi connectivity index (χ1n) is 6.28. The van der Waals surface area contributed by atoms with Crippen LogP contribution in [0.2, 0.25) is 0 Å². The van der Waals surface area contributed by atoms with Crippen LogP contribution in [-0.4, -0.2) is 11.8 Å². The third-order valence-electron chi connectivity index (χ3n) is 2.81. The highest BCUT2D eigenvalue weighted by atomic mass is 19.4. The third kappa shape index (κ3) is 3.72. The molecule has 0 atom stereocenters. The Kier molecular flexibility index (Phi) is 4.30. The minimum Gasteiger partial charge on any atom is -0.427 e. The standard InChI is InChI=1S/C16H11F3O3/c1-10(20)22-14-7-3-5-12(9-14)15(21)11-4-2-6-13(8-11)16(17,18)19/h2-9H,1H3. The van der Waals surface area contributed by atoms with Gasteiger partial charge < -0.3 is 4.74 Å². The number of carbonyl (C=O) groups excluding carboxylic acids is 2. The first kappa shape index (κ1) is 15.8. The fraction of sp³-hybridized carbons (Fsp3) is 0.125. The molecule has 0 N–H and O–H groups in total. The van der Waals surface area contributed by atoms with Crippen molar-refractivity contribution in [2.24, 2.45) is 0 Å². The van der Waals surface area contributed by atoms with E-state index in [-0.39, 0.29) is 16.9 Å². The predicted molar refractivity (Wildman–Crippen MR) is 72.6 cm³/mol. The molecule has 2 aromatic rings. The van der Waals surface area contributed by atoms with Crippen LogP contribution in [0.15, 0.2) is 48.5 Å². The first-order valence-corrected chi connectivity index (χ1v) is 6.28. The lowest BCUT2D eigenvalue weighted by Gasteiger charge is -2.09. The van der Waals surface area contributed by atoms with E-state index in [0.29, 0.717) is 0 Å². The number of ketones is 1. The summed E-state index contributed by atoms with van der Waals surface area (Å²) < 4.78 is 42.9. The number of halogens is 3. The highest BCUT2D eigenvalue weighted by Crippen LogP contribution is 2.30. The number of ether oxygens (including phenoxy) is 1. The Balaban J connectivity index is 2.34. The maximum Gasteiger partial charge on any atom is 0.416 e. The van der Waals surface area contributed by atoms with Gasteiger partial charge in [-0.05, 0) is 24.3 Å². The van der Waals surface area contributed by atoms with Gasteiger partial charge in [-0.15, -0.1) is 0 Å².